The second-order valence-electron chi connectivity index (χ2n) is 4.73. The Bertz CT molecular complexity index is 346. The number of halogens is 1. The van der Waals surface area contributed by atoms with Gasteiger partial charge in [-0.1, -0.05) is 25.1 Å². The fourth-order valence-electron chi connectivity index (χ4n) is 2.18. The number of para-hydroxylation sites is 1. The van der Waals surface area contributed by atoms with Gasteiger partial charge in [-0.15, -0.1) is 11.6 Å². The van der Waals surface area contributed by atoms with Gasteiger partial charge in [0.05, 0.1) is 7.11 Å². The fourth-order valence-corrected chi connectivity index (χ4v) is 2.56. The summed E-state index contributed by atoms with van der Waals surface area (Å²) in [5, 5.41) is 0.226. The molecule has 0 aliphatic heterocycles. The Morgan fingerprint density at radius 1 is 1.38 bits per heavy atom. The highest BCUT2D eigenvalue weighted by molar-refractivity contribution is 6.21. The second-order valence-corrected chi connectivity index (χ2v) is 5.29. The van der Waals surface area contributed by atoms with Gasteiger partial charge < -0.3 is 4.74 Å². The van der Waals surface area contributed by atoms with Crippen LogP contribution in [-0.4, -0.2) is 12.5 Å². The van der Waals surface area contributed by atoms with Crippen molar-refractivity contribution in [2.75, 3.05) is 7.11 Å². The molecule has 1 aromatic rings. The number of benzene rings is 1. The van der Waals surface area contributed by atoms with E-state index >= 15 is 0 Å². The van der Waals surface area contributed by atoms with E-state index in [4.69, 9.17) is 16.3 Å². The highest BCUT2D eigenvalue weighted by atomic mass is 35.5. The summed E-state index contributed by atoms with van der Waals surface area (Å²) in [7, 11) is 1.71. The first-order valence-electron chi connectivity index (χ1n) is 5.98. The predicted molar refractivity (Wildman–Crippen MR) is 68.2 cm³/mol. The van der Waals surface area contributed by atoms with E-state index in [0.29, 0.717) is 5.92 Å². The van der Waals surface area contributed by atoms with Crippen molar-refractivity contribution in [2.45, 2.75) is 31.6 Å². The molecular formula is C14H19ClO. The first kappa shape index (κ1) is 11.8. The molecule has 0 radical (unpaired) electrons. The highest BCUT2D eigenvalue weighted by Crippen LogP contribution is 2.40. The maximum absolute atomic E-state index is 6.47. The molecule has 1 aromatic carbocycles. The van der Waals surface area contributed by atoms with E-state index in [9.17, 15) is 0 Å². The summed E-state index contributed by atoms with van der Waals surface area (Å²) in [5.41, 5.74) is 1.22. The van der Waals surface area contributed by atoms with Crippen molar-refractivity contribution >= 4 is 11.6 Å². The molecule has 2 heteroatoms. The number of alkyl halides is 1. The minimum absolute atomic E-state index is 0.226. The molecule has 1 aliphatic rings. The molecule has 0 amide bonds. The van der Waals surface area contributed by atoms with Crippen molar-refractivity contribution in [3.05, 3.63) is 29.8 Å². The van der Waals surface area contributed by atoms with Crippen molar-refractivity contribution in [1.29, 1.82) is 0 Å². The Labute approximate surface area is 103 Å². The highest BCUT2D eigenvalue weighted by Gasteiger charge is 2.32. The topological polar surface area (TPSA) is 9.23 Å². The number of rotatable bonds is 5. The van der Waals surface area contributed by atoms with Crippen LogP contribution in [0, 0.1) is 11.8 Å². The third kappa shape index (κ3) is 2.70. The van der Waals surface area contributed by atoms with Crippen LogP contribution in [-0.2, 0) is 6.42 Å². The van der Waals surface area contributed by atoms with Gasteiger partial charge in [0.15, 0.2) is 0 Å². The van der Waals surface area contributed by atoms with Crippen LogP contribution >= 0.6 is 11.6 Å². The molecule has 0 N–H and O–H groups in total. The smallest absolute Gasteiger partial charge is 0.122 e. The monoisotopic (exact) mass is 238 g/mol. The summed E-state index contributed by atoms with van der Waals surface area (Å²) in [6, 6.07) is 8.15. The maximum atomic E-state index is 6.47. The van der Waals surface area contributed by atoms with E-state index < -0.39 is 0 Å². The number of methoxy groups -OCH3 is 1. The zero-order chi connectivity index (χ0) is 11.5. The van der Waals surface area contributed by atoms with Crippen LogP contribution < -0.4 is 4.74 Å². The van der Waals surface area contributed by atoms with Gasteiger partial charge in [-0.2, -0.15) is 0 Å². The fraction of sp³-hybridized carbons (Fsp3) is 0.571. The predicted octanol–water partition coefficient (Wildman–Crippen LogP) is 3.89. The van der Waals surface area contributed by atoms with E-state index in [0.717, 1.165) is 18.1 Å². The van der Waals surface area contributed by atoms with Gasteiger partial charge >= 0.3 is 0 Å². The van der Waals surface area contributed by atoms with E-state index in [2.05, 4.69) is 13.0 Å². The van der Waals surface area contributed by atoms with E-state index in [1.54, 1.807) is 7.11 Å². The summed E-state index contributed by atoms with van der Waals surface area (Å²) in [6.07, 6.45) is 3.62. The minimum atomic E-state index is 0.226. The molecule has 0 saturated heterocycles. The van der Waals surface area contributed by atoms with Crippen LogP contribution in [0.5, 0.6) is 5.75 Å². The number of hydrogen-bond acceptors (Lipinski definition) is 1. The number of hydrogen-bond donors (Lipinski definition) is 0. The largest absolute Gasteiger partial charge is 0.496 e. The van der Waals surface area contributed by atoms with Crippen LogP contribution in [0.3, 0.4) is 0 Å². The van der Waals surface area contributed by atoms with Gasteiger partial charge in [0.2, 0.25) is 0 Å². The average Bonchev–Trinajstić information content (AvgIpc) is 3.12. The number of ether oxygens (including phenoxy) is 1. The van der Waals surface area contributed by atoms with E-state index in [-0.39, 0.29) is 5.38 Å². The first-order valence-corrected chi connectivity index (χ1v) is 6.42. The van der Waals surface area contributed by atoms with Gasteiger partial charge in [-0.3, -0.25) is 0 Å². The van der Waals surface area contributed by atoms with Gasteiger partial charge in [-0.25, -0.2) is 0 Å². The molecule has 1 aliphatic carbocycles. The van der Waals surface area contributed by atoms with Gasteiger partial charge in [-0.05, 0) is 42.7 Å². The van der Waals surface area contributed by atoms with Crippen molar-refractivity contribution < 1.29 is 4.74 Å². The Hall–Kier alpha value is -0.690. The van der Waals surface area contributed by atoms with Crippen molar-refractivity contribution in [1.82, 2.24) is 0 Å². The molecule has 0 bridgehead atoms. The lowest BCUT2D eigenvalue weighted by Gasteiger charge is -2.18. The first-order chi connectivity index (χ1) is 7.72. The lowest BCUT2D eigenvalue weighted by atomic mass is 9.96. The van der Waals surface area contributed by atoms with E-state index in [1.807, 2.05) is 18.2 Å². The Kier molecular flexibility index (Phi) is 3.75. The lowest BCUT2D eigenvalue weighted by molar-refractivity contribution is 0.405. The van der Waals surface area contributed by atoms with E-state index in [1.165, 1.54) is 18.4 Å². The summed E-state index contributed by atoms with van der Waals surface area (Å²) in [5.74, 6) is 2.43. The van der Waals surface area contributed by atoms with Crippen LogP contribution in [0.2, 0.25) is 0 Å². The SMILES string of the molecule is COc1ccccc1CC(Cl)C(C)C1CC1. The molecule has 0 spiro atoms. The van der Waals surface area contributed by atoms with Gasteiger partial charge in [0.1, 0.15) is 5.75 Å². The maximum Gasteiger partial charge on any atom is 0.122 e. The normalized spacial score (nSPS) is 19.2. The molecule has 16 heavy (non-hydrogen) atoms. The van der Waals surface area contributed by atoms with Crippen molar-refractivity contribution in [3.63, 3.8) is 0 Å². The van der Waals surface area contributed by atoms with Crippen LogP contribution in [0.25, 0.3) is 0 Å². The van der Waals surface area contributed by atoms with Crippen LogP contribution in [0.15, 0.2) is 24.3 Å². The molecule has 1 saturated carbocycles. The summed E-state index contributed by atoms with van der Waals surface area (Å²) in [6.45, 7) is 2.27. The summed E-state index contributed by atoms with van der Waals surface area (Å²) in [4.78, 5) is 0. The quantitative estimate of drug-likeness (QED) is 0.708. The third-order valence-corrected chi connectivity index (χ3v) is 4.10. The minimum Gasteiger partial charge on any atom is -0.496 e. The molecule has 2 rings (SSSR count). The molecular weight excluding hydrogens is 220 g/mol. The van der Waals surface area contributed by atoms with Crippen LogP contribution in [0.4, 0.5) is 0 Å². The van der Waals surface area contributed by atoms with Crippen molar-refractivity contribution in [2.24, 2.45) is 11.8 Å². The Morgan fingerprint density at radius 3 is 2.69 bits per heavy atom. The second kappa shape index (κ2) is 5.09. The Morgan fingerprint density at radius 2 is 2.06 bits per heavy atom. The molecule has 1 fully saturated rings. The molecule has 88 valence electrons. The molecule has 1 nitrogen and oxygen atoms in total. The van der Waals surface area contributed by atoms with Gasteiger partial charge in [0.25, 0.3) is 0 Å². The molecule has 2 unspecified atom stereocenters. The summed E-state index contributed by atoms with van der Waals surface area (Å²) >= 11 is 6.47. The van der Waals surface area contributed by atoms with Crippen molar-refractivity contribution in [3.8, 4) is 5.75 Å². The zero-order valence-corrected chi connectivity index (χ0v) is 10.7. The third-order valence-electron chi connectivity index (χ3n) is 3.54. The lowest BCUT2D eigenvalue weighted by Crippen LogP contribution is -2.16. The standard InChI is InChI=1S/C14H19ClO/c1-10(11-7-8-11)13(15)9-12-5-3-4-6-14(12)16-2/h3-6,10-11,13H,7-9H2,1-2H3. The molecule has 0 aromatic heterocycles. The average molecular weight is 239 g/mol. The van der Waals surface area contributed by atoms with Crippen LogP contribution in [0.1, 0.15) is 25.3 Å². The summed E-state index contributed by atoms with van der Waals surface area (Å²) < 4.78 is 5.34. The molecule has 0 heterocycles. The zero-order valence-electron chi connectivity index (χ0n) is 9.95. The molecule has 2 atom stereocenters. The Balaban J connectivity index is 2.01. The van der Waals surface area contributed by atoms with Gasteiger partial charge in [0, 0.05) is 5.38 Å².